The van der Waals surface area contributed by atoms with Gasteiger partial charge in [0, 0.05) is 0 Å². The van der Waals surface area contributed by atoms with Crippen molar-refractivity contribution >= 4 is 35.0 Å². The molecule has 0 unspecified atom stereocenters. The molecule has 3 nitrogen and oxygen atoms in total. The van der Waals surface area contributed by atoms with E-state index >= 15 is 0 Å². The number of anilines is 1. The zero-order chi connectivity index (χ0) is 14.3. The van der Waals surface area contributed by atoms with Crippen LogP contribution in [0, 0.1) is 0 Å². The summed E-state index contributed by atoms with van der Waals surface area (Å²) in [5.41, 5.74) is 3.23. The zero-order valence-electron chi connectivity index (χ0n) is 11.1. The Bertz CT molecular complexity index is 689. The molecule has 0 saturated heterocycles. The second kappa shape index (κ2) is 5.00. The Hall–Kier alpha value is -1.14. The van der Waals surface area contributed by atoms with Crippen LogP contribution < -0.4 is 26.5 Å². The molecule has 1 aromatic rings. The molecule has 0 spiro atoms. The number of rotatable bonds is 1. The van der Waals surface area contributed by atoms with Crippen LogP contribution in [-0.4, -0.2) is 12.1 Å². The van der Waals surface area contributed by atoms with E-state index in [-0.39, 0.29) is 27.1 Å². The third-order valence-corrected chi connectivity index (χ3v) is 5.58. The number of hydrogen-bond acceptors (Lipinski definition) is 2. The Kier molecular flexibility index (Phi) is 3.46. The van der Waals surface area contributed by atoms with Crippen molar-refractivity contribution in [1.29, 1.82) is 0 Å². The number of carbonyl (C=O) groups excluding carboxylic acids is 1. The molecule has 5 heteroatoms. The summed E-state index contributed by atoms with van der Waals surface area (Å²) in [7, 11) is 0. The van der Waals surface area contributed by atoms with Crippen LogP contribution in [0.4, 0.5) is 5.69 Å². The minimum absolute atomic E-state index is 0.0100. The average Bonchev–Trinajstić information content (AvgIpc) is 2.63. The van der Waals surface area contributed by atoms with E-state index in [4.69, 9.17) is 11.6 Å². The fourth-order valence-electron chi connectivity index (χ4n) is 2.24. The number of halogens is 2. The van der Waals surface area contributed by atoms with Gasteiger partial charge < -0.3 is 0 Å². The summed E-state index contributed by atoms with van der Waals surface area (Å²) in [6, 6.07) is 3.95. The number of fused-ring (bicyclic) bond motifs is 1. The number of aliphatic imine (C=N–C) groups is 1. The summed E-state index contributed by atoms with van der Waals surface area (Å²) in [5, 5.41) is 3.45. The summed E-state index contributed by atoms with van der Waals surface area (Å²) in [6.45, 7) is 3.83. The normalized spacial score (nSPS) is 19.8. The van der Waals surface area contributed by atoms with Gasteiger partial charge in [0.2, 0.25) is 0 Å². The second-order valence-corrected chi connectivity index (χ2v) is 7.67. The van der Waals surface area contributed by atoms with Crippen LogP contribution in [0.3, 0.4) is 0 Å². The van der Waals surface area contributed by atoms with Crippen LogP contribution in [0.5, 0.6) is 0 Å². The fourth-order valence-corrected chi connectivity index (χ4v) is 4.00. The van der Waals surface area contributed by atoms with Gasteiger partial charge in [-0.25, -0.2) is 0 Å². The van der Waals surface area contributed by atoms with Gasteiger partial charge in [-0.3, -0.25) is 0 Å². The van der Waals surface area contributed by atoms with Crippen molar-refractivity contribution in [1.82, 2.24) is 0 Å². The van der Waals surface area contributed by atoms with E-state index in [1.165, 1.54) is 0 Å². The zero-order valence-corrected chi connectivity index (χ0v) is 14.0. The monoisotopic (exact) mass is 399 g/mol. The molecule has 20 heavy (non-hydrogen) atoms. The molecule has 0 saturated carbocycles. The predicted octanol–water partition coefficient (Wildman–Crippen LogP) is 0.555. The van der Waals surface area contributed by atoms with Gasteiger partial charge in [0.05, 0.1) is 0 Å². The SMILES string of the molecule is CC1(C)C(=O)Nc2c(Cl)cc(C3=C[I-]C=CN=C3)cc21. The topological polar surface area (TPSA) is 41.5 Å². The van der Waals surface area contributed by atoms with Gasteiger partial charge in [0.15, 0.2) is 0 Å². The third kappa shape index (κ3) is 2.20. The Morgan fingerprint density at radius 1 is 1.35 bits per heavy atom. The van der Waals surface area contributed by atoms with E-state index in [1.54, 1.807) is 0 Å². The molecule has 2 heterocycles. The number of benzene rings is 1. The Morgan fingerprint density at radius 2 is 2.15 bits per heavy atom. The average molecular weight is 400 g/mol. The summed E-state index contributed by atoms with van der Waals surface area (Å²) in [4.78, 5) is 16.3. The first-order valence-electron chi connectivity index (χ1n) is 6.16. The van der Waals surface area contributed by atoms with Gasteiger partial charge in [0.1, 0.15) is 0 Å². The van der Waals surface area contributed by atoms with Crippen LogP contribution in [0.15, 0.2) is 31.5 Å². The molecule has 1 aromatic carbocycles. The Labute approximate surface area is 133 Å². The molecule has 0 aromatic heterocycles. The molecule has 0 fully saturated rings. The van der Waals surface area contributed by atoms with Gasteiger partial charge in [-0.1, -0.05) is 0 Å². The number of amides is 1. The molecule has 1 amide bonds. The Morgan fingerprint density at radius 3 is 2.95 bits per heavy atom. The summed E-state index contributed by atoms with van der Waals surface area (Å²) in [5.74, 6) is -0.0100. The number of nitrogens with one attached hydrogen (secondary N) is 1. The van der Waals surface area contributed by atoms with Gasteiger partial charge in [-0.15, -0.1) is 0 Å². The Balaban J connectivity index is 2.13. The molecule has 0 bridgehead atoms. The number of allylic oxidation sites excluding steroid dienone is 1. The van der Waals surface area contributed by atoms with E-state index < -0.39 is 5.41 Å². The molecule has 1 N–H and O–H groups in total. The first kappa shape index (κ1) is 13.8. The van der Waals surface area contributed by atoms with Gasteiger partial charge >= 0.3 is 133 Å². The summed E-state index contributed by atoms with van der Waals surface area (Å²) in [6.07, 6.45) is 3.68. The van der Waals surface area contributed by atoms with E-state index in [1.807, 2.05) is 38.4 Å². The molecule has 3 rings (SSSR count). The second-order valence-electron chi connectivity index (χ2n) is 5.20. The molecule has 2 aliphatic heterocycles. The molecule has 0 atom stereocenters. The summed E-state index contributed by atoms with van der Waals surface area (Å²) >= 11 is 6.21. The fraction of sp³-hybridized carbons (Fsp3) is 0.200. The van der Waals surface area contributed by atoms with Crippen LogP contribution in [0.25, 0.3) is 5.57 Å². The van der Waals surface area contributed by atoms with E-state index in [9.17, 15) is 4.79 Å². The van der Waals surface area contributed by atoms with Crippen molar-refractivity contribution in [2.24, 2.45) is 4.99 Å². The molecule has 104 valence electrons. The third-order valence-electron chi connectivity index (χ3n) is 3.51. The van der Waals surface area contributed by atoms with Crippen molar-refractivity contribution in [3.63, 3.8) is 0 Å². The summed E-state index contributed by atoms with van der Waals surface area (Å²) < 4.78 is 4.31. The molecular weight excluding hydrogens is 387 g/mol. The van der Waals surface area contributed by atoms with Crippen LogP contribution in [-0.2, 0) is 10.2 Å². The number of nitrogens with zero attached hydrogens (tertiary/aromatic N) is 1. The molecule has 0 radical (unpaired) electrons. The maximum absolute atomic E-state index is 12.0. The van der Waals surface area contributed by atoms with E-state index in [0.29, 0.717) is 5.02 Å². The molecular formula is C15H13ClIN2O-. The first-order valence-corrected chi connectivity index (χ1v) is 9.03. The predicted molar refractivity (Wildman–Crippen MR) is 78.7 cm³/mol. The first-order chi connectivity index (χ1) is 9.50. The quantitative estimate of drug-likeness (QED) is 0.689. The van der Waals surface area contributed by atoms with Gasteiger partial charge in [-0.2, -0.15) is 0 Å². The van der Waals surface area contributed by atoms with Crippen LogP contribution in [0.2, 0.25) is 5.02 Å². The molecule has 0 aliphatic carbocycles. The van der Waals surface area contributed by atoms with Gasteiger partial charge in [0.25, 0.3) is 0 Å². The van der Waals surface area contributed by atoms with Crippen LogP contribution >= 0.6 is 11.6 Å². The standard InChI is InChI=1S/C15H13ClIN2O/c1-15(2)11-5-9(10-7-17-3-4-18-8-10)6-12(16)13(11)19-14(15)20/h3-8H,1-2H3,(H,19,20)/q-1. The maximum atomic E-state index is 12.0. The van der Waals surface area contributed by atoms with E-state index in [0.717, 1.165) is 22.4 Å². The number of hydrogen-bond donors (Lipinski definition) is 1. The van der Waals surface area contributed by atoms with Crippen LogP contribution in [0.1, 0.15) is 25.0 Å². The van der Waals surface area contributed by atoms with Crippen molar-refractivity contribution in [3.05, 3.63) is 42.6 Å². The van der Waals surface area contributed by atoms with E-state index in [2.05, 4.69) is 18.5 Å². The minimum atomic E-state index is -0.551. The number of carbonyl (C=O) groups is 1. The van der Waals surface area contributed by atoms with Gasteiger partial charge in [-0.05, 0) is 0 Å². The molecule has 2 aliphatic rings. The van der Waals surface area contributed by atoms with Crippen molar-refractivity contribution in [2.75, 3.05) is 5.32 Å². The van der Waals surface area contributed by atoms with Crippen molar-refractivity contribution < 1.29 is 26.0 Å². The van der Waals surface area contributed by atoms with Crippen molar-refractivity contribution in [3.8, 4) is 0 Å². The van der Waals surface area contributed by atoms with Crippen molar-refractivity contribution in [2.45, 2.75) is 19.3 Å².